The number of urea groups is 1. The second-order valence-electron chi connectivity index (χ2n) is 4.47. The van der Waals surface area contributed by atoms with E-state index in [-0.39, 0.29) is 12.6 Å². The summed E-state index contributed by atoms with van der Waals surface area (Å²) in [4.78, 5) is 11.9. The Bertz CT molecular complexity index is 570. The van der Waals surface area contributed by atoms with Crippen molar-refractivity contribution in [2.45, 2.75) is 6.04 Å². The summed E-state index contributed by atoms with van der Waals surface area (Å²) in [6, 6.07) is 15.5. The van der Waals surface area contributed by atoms with Crippen LogP contribution in [0.4, 0.5) is 10.5 Å². The monoisotopic (exact) mass is 286 g/mol. The number of carbonyl (C=O) groups excluding carboxylic acids is 1. The molecular weight excluding hydrogens is 268 g/mol. The van der Waals surface area contributed by atoms with Gasteiger partial charge in [-0.3, -0.25) is 0 Å². The Kier molecular flexibility index (Phi) is 5.17. The summed E-state index contributed by atoms with van der Waals surface area (Å²) in [6.07, 6.45) is 0. The highest BCUT2D eigenvalue weighted by molar-refractivity contribution is 5.89. The smallest absolute Gasteiger partial charge is 0.319 e. The van der Waals surface area contributed by atoms with Crippen LogP contribution in [0.25, 0.3) is 0 Å². The molecule has 3 N–H and O–H groups in total. The minimum absolute atomic E-state index is 0.167. The molecule has 21 heavy (non-hydrogen) atoms. The lowest BCUT2D eigenvalue weighted by Crippen LogP contribution is -2.34. The number of aliphatic hydroxyl groups is 1. The molecule has 0 fully saturated rings. The van der Waals surface area contributed by atoms with E-state index < -0.39 is 6.04 Å². The van der Waals surface area contributed by atoms with Crippen LogP contribution in [0.5, 0.6) is 5.75 Å². The fourth-order valence-electron chi connectivity index (χ4n) is 1.92. The van der Waals surface area contributed by atoms with Gasteiger partial charge in [0, 0.05) is 5.69 Å². The molecule has 2 aromatic rings. The average molecular weight is 286 g/mol. The highest BCUT2D eigenvalue weighted by Gasteiger charge is 2.13. The number of benzene rings is 2. The minimum Gasteiger partial charge on any atom is -0.497 e. The largest absolute Gasteiger partial charge is 0.497 e. The molecule has 0 spiro atoms. The molecule has 5 nitrogen and oxygen atoms in total. The average Bonchev–Trinajstić information content (AvgIpc) is 2.54. The molecule has 0 saturated carbocycles. The van der Waals surface area contributed by atoms with E-state index in [1.54, 1.807) is 31.4 Å². The fraction of sp³-hybridized carbons (Fsp3) is 0.188. The molecule has 1 atom stereocenters. The van der Waals surface area contributed by atoms with Gasteiger partial charge < -0.3 is 20.5 Å². The summed E-state index contributed by atoms with van der Waals surface area (Å²) in [7, 11) is 1.58. The molecule has 110 valence electrons. The summed E-state index contributed by atoms with van der Waals surface area (Å²) in [5.41, 5.74) is 1.50. The van der Waals surface area contributed by atoms with E-state index >= 15 is 0 Å². The van der Waals surface area contributed by atoms with Gasteiger partial charge in [0.15, 0.2) is 0 Å². The van der Waals surface area contributed by atoms with Crippen LogP contribution in [0, 0.1) is 0 Å². The van der Waals surface area contributed by atoms with Crippen molar-refractivity contribution in [1.82, 2.24) is 5.32 Å². The van der Waals surface area contributed by atoms with Gasteiger partial charge in [0.25, 0.3) is 0 Å². The second kappa shape index (κ2) is 7.31. The molecule has 0 aromatic heterocycles. The normalized spacial score (nSPS) is 11.5. The fourth-order valence-corrected chi connectivity index (χ4v) is 1.92. The van der Waals surface area contributed by atoms with Gasteiger partial charge in [0.2, 0.25) is 0 Å². The number of carbonyl (C=O) groups is 1. The molecule has 0 aliphatic rings. The molecular formula is C16H18N2O3. The van der Waals surface area contributed by atoms with Crippen molar-refractivity contribution in [1.29, 1.82) is 0 Å². The van der Waals surface area contributed by atoms with Crippen molar-refractivity contribution in [3.63, 3.8) is 0 Å². The van der Waals surface area contributed by atoms with Gasteiger partial charge in [0.05, 0.1) is 19.8 Å². The van der Waals surface area contributed by atoms with Crippen molar-refractivity contribution in [3.05, 3.63) is 60.2 Å². The quantitative estimate of drug-likeness (QED) is 0.791. The lowest BCUT2D eigenvalue weighted by atomic mass is 10.1. The summed E-state index contributed by atoms with van der Waals surface area (Å²) in [5.74, 6) is 0.721. The Balaban J connectivity index is 1.96. The summed E-state index contributed by atoms with van der Waals surface area (Å²) < 4.78 is 5.05. The highest BCUT2D eigenvalue weighted by atomic mass is 16.5. The van der Waals surface area contributed by atoms with E-state index in [0.29, 0.717) is 5.69 Å². The summed E-state index contributed by atoms with van der Waals surface area (Å²) in [6.45, 7) is -0.167. The molecule has 2 rings (SSSR count). The maximum atomic E-state index is 11.9. The Labute approximate surface area is 123 Å². The third-order valence-electron chi connectivity index (χ3n) is 3.04. The van der Waals surface area contributed by atoms with Crippen molar-refractivity contribution < 1.29 is 14.6 Å². The number of aliphatic hydroxyl groups excluding tert-OH is 1. The first-order valence-corrected chi connectivity index (χ1v) is 6.60. The minimum atomic E-state index is -0.440. The topological polar surface area (TPSA) is 70.6 Å². The van der Waals surface area contributed by atoms with E-state index in [9.17, 15) is 9.90 Å². The standard InChI is InChI=1S/C16H18N2O3/c1-21-14-9-7-13(8-10-14)17-16(20)18-15(11-19)12-5-3-2-4-6-12/h2-10,15,19H,11H2,1H3,(H2,17,18,20)/t15-/m0/s1. The van der Waals surface area contributed by atoms with Crippen molar-refractivity contribution in [2.75, 3.05) is 19.0 Å². The van der Waals surface area contributed by atoms with E-state index in [0.717, 1.165) is 11.3 Å². The first-order chi connectivity index (χ1) is 10.2. The lowest BCUT2D eigenvalue weighted by Gasteiger charge is -2.17. The van der Waals surface area contributed by atoms with Crippen LogP contribution in [-0.2, 0) is 0 Å². The summed E-state index contributed by atoms with van der Waals surface area (Å²) in [5, 5.41) is 14.8. The molecule has 0 bridgehead atoms. The van der Waals surface area contributed by atoms with Gasteiger partial charge in [-0.25, -0.2) is 4.79 Å². The number of hydrogen-bond donors (Lipinski definition) is 3. The van der Waals surface area contributed by atoms with Crippen LogP contribution in [0.3, 0.4) is 0 Å². The SMILES string of the molecule is COc1ccc(NC(=O)N[C@@H](CO)c2ccccc2)cc1. The number of anilines is 1. The number of methoxy groups -OCH3 is 1. The van der Waals surface area contributed by atoms with Gasteiger partial charge in [-0.1, -0.05) is 30.3 Å². The Morgan fingerprint density at radius 2 is 1.81 bits per heavy atom. The molecule has 0 saturated heterocycles. The van der Waals surface area contributed by atoms with Gasteiger partial charge >= 0.3 is 6.03 Å². The summed E-state index contributed by atoms with van der Waals surface area (Å²) >= 11 is 0. The molecule has 0 aliphatic heterocycles. The second-order valence-corrected chi connectivity index (χ2v) is 4.47. The third kappa shape index (κ3) is 4.22. The number of hydrogen-bond acceptors (Lipinski definition) is 3. The molecule has 0 heterocycles. The molecule has 0 unspecified atom stereocenters. The number of amides is 2. The molecule has 0 aliphatic carbocycles. The molecule has 2 aromatic carbocycles. The first-order valence-electron chi connectivity index (χ1n) is 6.60. The van der Waals surface area contributed by atoms with E-state index in [1.165, 1.54) is 0 Å². The first kappa shape index (κ1) is 14.9. The maximum absolute atomic E-state index is 11.9. The van der Waals surface area contributed by atoms with E-state index in [4.69, 9.17) is 4.74 Å². The zero-order chi connectivity index (χ0) is 15.1. The van der Waals surface area contributed by atoms with Crippen molar-refractivity contribution in [3.8, 4) is 5.75 Å². The van der Waals surface area contributed by atoms with Gasteiger partial charge in [-0.2, -0.15) is 0 Å². The van der Waals surface area contributed by atoms with Gasteiger partial charge in [-0.05, 0) is 29.8 Å². The van der Waals surface area contributed by atoms with Crippen LogP contribution in [-0.4, -0.2) is 24.9 Å². The van der Waals surface area contributed by atoms with Gasteiger partial charge in [-0.15, -0.1) is 0 Å². The van der Waals surface area contributed by atoms with Crippen LogP contribution < -0.4 is 15.4 Å². The predicted molar refractivity (Wildman–Crippen MR) is 81.4 cm³/mol. The maximum Gasteiger partial charge on any atom is 0.319 e. The van der Waals surface area contributed by atoms with Crippen molar-refractivity contribution in [2.24, 2.45) is 0 Å². The zero-order valence-electron chi connectivity index (χ0n) is 11.7. The Morgan fingerprint density at radius 1 is 1.14 bits per heavy atom. The number of ether oxygens (including phenoxy) is 1. The third-order valence-corrected chi connectivity index (χ3v) is 3.04. The van der Waals surface area contributed by atoms with Crippen LogP contribution in [0.1, 0.15) is 11.6 Å². The molecule has 0 radical (unpaired) electrons. The van der Waals surface area contributed by atoms with Crippen LogP contribution in [0.15, 0.2) is 54.6 Å². The number of rotatable bonds is 5. The highest BCUT2D eigenvalue weighted by Crippen LogP contribution is 2.16. The van der Waals surface area contributed by atoms with Gasteiger partial charge in [0.1, 0.15) is 5.75 Å². The van der Waals surface area contributed by atoms with Crippen LogP contribution >= 0.6 is 0 Å². The van der Waals surface area contributed by atoms with Crippen molar-refractivity contribution >= 4 is 11.7 Å². The molecule has 5 heteroatoms. The Hall–Kier alpha value is -2.53. The lowest BCUT2D eigenvalue weighted by molar-refractivity contribution is 0.225. The predicted octanol–water partition coefficient (Wildman–Crippen LogP) is 2.55. The molecule has 2 amide bonds. The zero-order valence-corrected chi connectivity index (χ0v) is 11.7. The number of nitrogens with one attached hydrogen (secondary N) is 2. The van der Waals surface area contributed by atoms with E-state index in [1.807, 2.05) is 30.3 Å². The van der Waals surface area contributed by atoms with E-state index in [2.05, 4.69) is 10.6 Å². The van der Waals surface area contributed by atoms with Crippen LogP contribution in [0.2, 0.25) is 0 Å². The Morgan fingerprint density at radius 3 is 2.38 bits per heavy atom.